The molecule has 0 aliphatic carbocycles. The molecule has 0 aliphatic heterocycles. The minimum atomic E-state index is 0.635. The molecule has 0 amide bonds. The molecule has 0 fully saturated rings. The molecule has 0 aliphatic rings. The van der Waals surface area contributed by atoms with Gasteiger partial charge in [-0.25, -0.2) is 4.98 Å². The normalized spacial score (nSPS) is 10.6. The highest BCUT2D eigenvalue weighted by Crippen LogP contribution is 2.22. The smallest absolute Gasteiger partial charge is 0.225 e. The molecule has 3 aromatic rings. The molecule has 25 heavy (non-hydrogen) atoms. The third kappa shape index (κ3) is 4.15. The van der Waals surface area contributed by atoms with Crippen LogP contribution in [-0.4, -0.2) is 9.97 Å². The fourth-order valence-electron chi connectivity index (χ4n) is 2.72. The van der Waals surface area contributed by atoms with Crippen LogP contribution in [0.4, 0.5) is 17.5 Å². The highest BCUT2D eigenvalue weighted by molar-refractivity contribution is 5.62. The zero-order valence-corrected chi connectivity index (χ0v) is 15.2. The van der Waals surface area contributed by atoms with E-state index in [1.165, 1.54) is 22.3 Å². The quantitative estimate of drug-likeness (QED) is 0.685. The minimum Gasteiger partial charge on any atom is -0.350 e. The van der Waals surface area contributed by atoms with E-state index in [1.54, 1.807) is 0 Å². The van der Waals surface area contributed by atoms with Gasteiger partial charge in [-0.05, 0) is 56.0 Å². The van der Waals surface area contributed by atoms with Gasteiger partial charge in [0.05, 0.1) is 0 Å². The Bertz CT molecular complexity index is 887. The standard InChI is InChI=1S/C21H24N4/c1-14-9-7-11-19(17(14)4)24-20-12-16(3)23-21(25-20)22-13-18-10-6-5-8-15(18)2/h5-12H,13H2,1-4H3,(H2,22,23,24,25). The van der Waals surface area contributed by atoms with E-state index < -0.39 is 0 Å². The summed E-state index contributed by atoms with van der Waals surface area (Å²) in [6, 6.07) is 16.5. The van der Waals surface area contributed by atoms with E-state index in [-0.39, 0.29) is 0 Å². The molecule has 4 nitrogen and oxygen atoms in total. The lowest BCUT2D eigenvalue weighted by atomic mass is 10.1. The summed E-state index contributed by atoms with van der Waals surface area (Å²) in [7, 11) is 0. The molecule has 0 bridgehead atoms. The maximum absolute atomic E-state index is 4.61. The molecule has 4 heteroatoms. The van der Waals surface area contributed by atoms with Crippen molar-refractivity contribution >= 4 is 17.5 Å². The molecule has 1 aromatic heterocycles. The molecule has 0 saturated heterocycles. The molecule has 0 saturated carbocycles. The van der Waals surface area contributed by atoms with Crippen molar-refractivity contribution in [2.75, 3.05) is 10.6 Å². The Labute approximate surface area is 149 Å². The van der Waals surface area contributed by atoms with Crippen molar-refractivity contribution in [2.45, 2.75) is 34.2 Å². The van der Waals surface area contributed by atoms with Crippen LogP contribution in [0.3, 0.4) is 0 Å². The lowest BCUT2D eigenvalue weighted by molar-refractivity contribution is 1.02. The van der Waals surface area contributed by atoms with E-state index in [9.17, 15) is 0 Å². The van der Waals surface area contributed by atoms with Gasteiger partial charge in [0.2, 0.25) is 5.95 Å². The van der Waals surface area contributed by atoms with Gasteiger partial charge in [-0.3, -0.25) is 0 Å². The molecular weight excluding hydrogens is 308 g/mol. The predicted molar refractivity (Wildman–Crippen MR) is 104 cm³/mol. The largest absolute Gasteiger partial charge is 0.350 e. The maximum atomic E-state index is 4.61. The van der Waals surface area contributed by atoms with Gasteiger partial charge < -0.3 is 10.6 Å². The van der Waals surface area contributed by atoms with Crippen LogP contribution >= 0.6 is 0 Å². The molecule has 0 radical (unpaired) electrons. The third-order valence-corrected chi connectivity index (χ3v) is 4.42. The summed E-state index contributed by atoms with van der Waals surface area (Å²) in [4.78, 5) is 9.11. The van der Waals surface area contributed by atoms with Crippen molar-refractivity contribution in [3.05, 3.63) is 76.5 Å². The Morgan fingerprint density at radius 1 is 0.840 bits per heavy atom. The van der Waals surface area contributed by atoms with Crippen LogP contribution in [0, 0.1) is 27.7 Å². The number of benzene rings is 2. The van der Waals surface area contributed by atoms with Gasteiger partial charge in [-0.15, -0.1) is 0 Å². The number of hydrogen-bond donors (Lipinski definition) is 2. The molecular formula is C21H24N4. The Morgan fingerprint density at radius 3 is 2.40 bits per heavy atom. The lowest BCUT2D eigenvalue weighted by Crippen LogP contribution is -2.07. The molecule has 2 N–H and O–H groups in total. The fraction of sp³-hybridized carbons (Fsp3) is 0.238. The van der Waals surface area contributed by atoms with Crippen LogP contribution in [-0.2, 0) is 6.54 Å². The van der Waals surface area contributed by atoms with Gasteiger partial charge in [0.1, 0.15) is 5.82 Å². The van der Waals surface area contributed by atoms with Crippen LogP contribution in [0.2, 0.25) is 0 Å². The number of aromatic nitrogens is 2. The van der Waals surface area contributed by atoms with Crippen molar-refractivity contribution in [1.82, 2.24) is 9.97 Å². The van der Waals surface area contributed by atoms with Crippen LogP contribution in [0.15, 0.2) is 48.5 Å². The summed E-state index contributed by atoms with van der Waals surface area (Å²) in [5.74, 6) is 1.43. The van der Waals surface area contributed by atoms with E-state index in [0.717, 1.165) is 17.2 Å². The molecule has 128 valence electrons. The van der Waals surface area contributed by atoms with Crippen LogP contribution < -0.4 is 10.6 Å². The molecule has 3 rings (SSSR count). The number of anilines is 3. The zero-order chi connectivity index (χ0) is 17.8. The summed E-state index contributed by atoms with van der Waals surface area (Å²) in [6.07, 6.45) is 0. The van der Waals surface area contributed by atoms with Crippen molar-refractivity contribution in [1.29, 1.82) is 0 Å². The number of hydrogen-bond acceptors (Lipinski definition) is 4. The van der Waals surface area contributed by atoms with Gasteiger partial charge in [-0.1, -0.05) is 36.4 Å². The molecule has 1 heterocycles. The highest BCUT2D eigenvalue weighted by Gasteiger charge is 2.06. The summed E-state index contributed by atoms with van der Waals surface area (Å²) >= 11 is 0. The van der Waals surface area contributed by atoms with Gasteiger partial charge in [-0.2, -0.15) is 4.98 Å². The summed E-state index contributed by atoms with van der Waals surface area (Å²) < 4.78 is 0. The minimum absolute atomic E-state index is 0.635. The van der Waals surface area contributed by atoms with E-state index in [2.05, 4.69) is 77.8 Å². The van der Waals surface area contributed by atoms with Gasteiger partial charge in [0, 0.05) is 24.0 Å². The molecule has 0 spiro atoms. The van der Waals surface area contributed by atoms with E-state index in [1.807, 2.05) is 19.1 Å². The first-order chi connectivity index (χ1) is 12.0. The fourth-order valence-corrected chi connectivity index (χ4v) is 2.72. The molecule has 0 atom stereocenters. The highest BCUT2D eigenvalue weighted by atomic mass is 15.1. The van der Waals surface area contributed by atoms with Crippen molar-refractivity contribution in [3.8, 4) is 0 Å². The second-order valence-electron chi connectivity index (χ2n) is 6.37. The second-order valence-corrected chi connectivity index (χ2v) is 6.37. The van der Waals surface area contributed by atoms with E-state index >= 15 is 0 Å². The maximum Gasteiger partial charge on any atom is 0.225 e. The van der Waals surface area contributed by atoms with Crippen molar-refractivity contribution in [3.63, 3.8) is 0 Å². The topological polar surface area (TPSA) is 49.8 Å². The average molecular weight is 332 g/mol. The van der Waals surface area contributed by atoms with Gasteiger partial charge in [0.15, 0.2) is 0 Å². The SMILES string of the molecule is Cc1cc(Nc2cccc(C)c2C)nc(NCc2ccccc2C)n1. The lowest BCUT2D eigenvalue weighted by Gasteiger charge is -2.13. The van der Waals surface area contributed by atoms with E-state index in [0.29, 0.717) is 12.5 Å². The first-order valence-electron chi connectivity index (χ1n) is 8.50. The Kier molecular flexibility index (Phi) is 4.98. The first-order valence-corrected chi connectivity index (χ1v) is 8.50. The Hall–Kier alpha value is -2.88. The Morgan fingerprint density at radius 2 is 1.60 bits per heavy atom. The predicted octanol–water partition coefficient (Wildman–Crippen LogP) is 5.07. The Balaban J connectivity index is 1.78. The first kappa shape index (κ1) is 17.0. The monoisotopic (exact) mass is 332 g/mol. The molecule has 2 aromatic carbocycles. The van der Waals surface area contributed by atoms with Crippen molar-refractivity contribution < 1.29 is 0 Å². The summed E-state index contributed by atoms with van der Waals surface area (Å²) in [6.45, 7) is 9.03. The van der Waals surface area contributed by atoms with Crippen LogP contribution in [0.25, 0.3) is 0 Å². The average Bonchev–Trinajstić information content (AvgIpc) is 2.58. The van der Waals surface area contributed by atoms with Gasteiger partial charge in [0.25, 0.3) is 0 Å². The summed E-state index contributed by atoms with van der Waals surface area (Å²) in [5, 5.41) is 6.75. The van der Waals surface area contributed by atoms with Crippen molar-refractivity contribution in [2.24, 2.45) is 0 Å². The number of nitrogens with one attached hydrogen (secondary N) is 2. The number of aryl methyl sites for hydroxylation is 3. The summed E-state index contributed by atoms with van der Waals surface area (Å²) in [5.41, 5.74) is 6.99. The van der Waals surface area contributed by atoms with E-state index in [4.69, 9.17) is 0 Å². The van der Waals surface area contributed by atoms with Crippen LogP contribution in [0.1, 0.15) is 27.9 Å². The third-order valence-electron chi connectivity index (χ3n) is 4.42. The number of rotatable bonds is 5. The molecule has 0 unspecified atom stereocenters. The zero-order valence-electron chi connectivity index (χ0n) is 15.2. The van der Waals surface area contributed by atoms with Crippen LogP contribution in [0.5, 0.6) is 0 Å². The van der Waals surface area contributed by atoms with Gasteiger partial charge >= 0.3 is 0 Å². The number of nitrogens with zero attached hydrogens (tertiary/aromatic N) is 2. The second kappa shape index (κ2) is 7.34.